The van der Waals surface area contributed by atoms with Crippen LogP contribution in [-0.4, -0.2) is 0 Å². The third kappa shape index (κ3) is 2.06. The fourth-order valence-corrected chi connectivity index (χ4v) is 4.08. The summed E-state index contributed by atoms with van der Waals surface area (Å²) in [4.78, 5) is 0. The molecule has 3 rings (SSSR count). The molecule has 0 aromatic heterocycles. The molecule has 110 valence electrons. The predicted molar refractivity (Wildman–Crippen MR) is 89.0 cm³/mol. The van der Waals surface area contributed by atoms with Gasteiger partial charge in [0.1, 0.15) is 0 Å². The number of anilines is 1. The van der Waals surface area contributed by atoms with Crippen LogP contribution in [0.2, 0.25) is 0 Å². The first kappa shape index (κ1) is 14.2. The van der Waals surface area contributed by atoms with Crippen LogP contribution in [0, 0.1) is 0 Å². The monoisotopic (exact) mass is 281 g/mol. The van der Waals surface area contributed by atoms with Crippen LogP contribution >= 0.6 is 0 Å². The van der Waals surface area contributed by atoms with Gasteiger partial charge in [0, 0.05) is 5.41 Å². The molecule has 21 heavy (non-hydrogen) atoms. The summed E-state index contributed by atoms with van der Waals surface area (Å²) < 4.78 is 0. The summed E-state index contributed by atoms with van der Waals surface area (Å²) >= 11 is 0. The lowest BCUT2D eigenvalue weighted by atomic mass is 9.71. The van der Waals surface area contributed by atoms with Crippen molar-refractivity contribution in [2.45, 2.75) is 44.9 Å². The molecule has 4 N–H and O–H groups in total. The van der Waals surface area contributed by atoms with E-state index < -0.39 is 0 Å². The van der Waals surface area contributed by atoms with E-state index in [9.17, 15) is 0 Å². The van der Waals surface area contributed by atoms with Crippen LogP contribution < -0.4 is 11.3 Å². The molecule has 0 amide bonds. The zero-order valence-electron chi connectivity index (χ0n) is 13.1. The molecule has 2 heteroatoms. The van der Waals surface area contributed by atoms with Gasteiger partial charge in [-0.1, -0.05) is 57.0 Å². The Balaban J connectivity index is 2.28. The standard InChI is InChI=1S/C19H24N2/c1-3-11-19(12-4-2)17-8-6-5-7-15(17)16-10-9-14(21-20)13-18(16)19/h5-10,13,21H,3-4,11-12,20H2,1-2H3/p+1. The van der Waals surface area contributed by atoms with Gasteiger partial charge in [-0.2, -0.15) is 0 Å². The maximum absolute atomic E-state index is 3.82. The van der Waals surface area contributed by atoms with Crippen LogP contribution in [0.15, 0.2) is 42.5 Å². The summed E-state index contributed by atoms with van der Waals surface area (Å²) in [6.45, 7) is 4.59. The normalized spacial score (nSPS) is 14.6. The minimum Gasteiger partial charge on any atom is -0.258 e. The van der Waals surface area contributed by atoms with Crippen LogP contribution in [-0.2, 0) is 5.41 Å². The lowest BCUT2D eigenvalue weighted by Gasteiger charge is -2.32. The van der Waals surface area contributed by atoms with Crippen molar-refractivity contribution < 1.29 is 5.84 Å². The third-order valence-corrected chi connectivity index (χ3v) is 4.83. The van der Waals surface area contributed by atoms with Gasteiger partial charge in [0.2, 0.25) is 0 Å². The molecule has 2 aromatic rings. The number of hydrogen-bond donors (Lipinski definition) is 2. The van der Waals surface area contributed by atoms with Crippen LogP contribution in [0.4, 0.5) is 5.69 Å². The Kier molecular flexibility index (Phi) is 3.73. The first-order valence-electron chi connectivity index (χ1n) is 8.04. The van der Waals surface area contributed by atoms with E-state index in [0.29, 0.717) is 0 Å². The molecule has 0 saturated carbocycles. The lowest BCUT2D eigenvalue weighted by molar-refractivity contribution is -0.325. The molecule has 0 aliphatic heterocycles. The average Bonchev–Trinajstić information content (AvgIpc) is 2.79. The SMILES string of the molecule is CCCC1(CCC)c2ccccc2-c2ccc(N[NH3+])cc21. The number of rotatable bonds is 5. The van der Waals surface area contributed by atoms with Gasteiger partial charge in [-0.25, -0.2) is 5.43 Å². The maximum atomic E-state index is 3.82. The summed E-state index contributed by atoms with van der Waals surface area (Å²) in [6, 6.07) is 15.7. The molecule has 0 saturated heterocycles. The Bertz CT molecular complexity index is 640. The zero-order chi connectivity index (χ0) is 14.9. The Hall–Kier alpha value is -1.80. The first-order chi connectivity index (χ1) is 10.3. The number of hydrogen-bond acceptors (Lipinski definition) is 1. The Morgan fingerprint density at radius 2 is 1.57 bits per heavy atom. The van der Waals surface area contributed by atoms with Gasteiger partial charge < -0.3 is 0 Å². The average molecular weight is 281 g/mol. The minimum atomic E-state index is 0.183. The fourth-order valence-electron chi connectivity index (χ4n) is 4.08. The topological polar surface area (TPSA) is 39.7 Å². The van der Waals surface area contributed by atoms with Gasteiger partial charge in [-0.15, -0.1) is 0 Å². The smallest absolute Gasteiger partial charge is 0.0851 e. The second kappa shape index (κ2) is 5.53. The summed E-state index contributed by atoms with van der Waals surface area (Å²) in [5.41, 5.74) is 10.2. The molecule has 0 unspecified atom stereocenters. The molecule has 0 spiro atoms. The molecular formula is C19H25N2+. The van der Waals surface area contributed by atoms with Crippen LogP contribution in [0.5, 0.6) is 0 Å². The van der Waals surface area contributed by atoms with Gasteiger partial charge in [0.25, 0.3) is 0 Å². The van der Waals surface area contributed by atoms with Gasteiger partial charge in [0.05, 0.1) is 5.69 Å². The number of benzene rings is 2. The molecule has 0 bridgehead atoms. The van der Waals surface area contributed by atoms with E-state index >= 15 is 0 Å². The van der Waals surface area contributed by atoms with Crippen molar-refractivity contribution in [3.05, 3.63) is 53.6 Å². The van der Waals surface area contributed by atoms with Gasteiger partial charge in [-0.05, 0) is 47.2 Å². The van der Waals surface area contributed by atoms with E-state index in [1.807, 2.05) is 0 Å². The Morgan fingerprint density at radius 1 is 0.905 bits per heavy atom. The van der Waals surface area contributed by atoms with Crippen molar-refractivity contribution in [1.82, 2.24) is 0 Å². The second-order valence-electron chi connectivity index (χ2n) is 6.06. The minimum absolute atomic E-state index is 0.183. The lowest BCUT2D eigenvalue weighted by Crippen LogP contribution is -2.56. The van der Waals surface area contributed by atoms with E-state index in [1.54, 1.807) is 0 Å². The quantitative estimate of drug-likeness (QED) is 0.795. The number of nitrogens with one attached hydrogen (secondary N) is 1. The van der Waals surface area contributed by atoms with Crippen LogP contribution in [0.3, 0.4) is 0 Å². The maximum Gasteiger partial charge on any atom is 0.0851 e. The summed E-state index contributed by atoms with van der Waals surface area (Å²) in [7, 11) is 0. The Morgan fingerprint density at radius 3 is 2.24 bits per heavy atom. The van der Waals surface area contributed by atoms with Gasteiger partial charge in [0.15, 0.2) is 0 Å². The molecule has 0 radical (unpaired) electrons. The van der Waals surface area contributed by atoms with Crippen LogP contribution in [0.1, 0.15) is 50.7 Å². The molecular weight excluding hydrogens is 256 g/mol. The second-order valence-corrected chi connectivity index (χ2v) is 6.06. The summed E-state index contributed by atoms with van der Waals surface area (Å²) in [5.74, 6) is 3.82. The van der Waals surface area contributed by atoms with E-state index in [2.05, 4.69) is 67.6 Å². The zero-order valence-corrected chi connectivity index (χ0v) is 13.1. The van der Waals surface area contributed by atoms with Crippen molar-refractivity contribution in [2.24, 2.45) is 0 Å². The first-order valence-corrected chi connectivity index (χ1v) is 8.04. The number of quaternary nitrogens is 1. The van der Waals surface area contributed by atoms with E-state index in [1.165, 1.54) is 47.9 Å². The highest BCUT2D eigenvalue weighted by Gasteiger charge is 2.41. The number of fused-ring (bicyclic) bond motifs is 3. The largest absolute Gasteiger partial charge is 0.258 e. The highest BCUT2D eigenvalue weighted by molar-refractivity contribution is 5.82. The highest BCUT2D eigenvalue weighted by Crippen LogP contribution is 2.54. The summed E-state index contributed by atoms with van der Waals surface area (Å²) in [6.07, 6.45) is 4.84. The molecule has 2 aromatic carbocycles. The molecule has 0 fully saturated rings. The molecule has 2 nitrogen and oxygen atoms in total. The summed E-state index contributed by atoms with van der Waals surface area (Å²) in [5, 5.41) is 0. The Labute approximate surface area is 127 Å². The van der Waals surface area contributed by atoms with Crippen molar-refractivity contribution in [3.63, 3.8) is 0 Å². The van der Waals surface area contributed by atoms with Crippen molar-refractivity contribution in [1.29, 1.82) is 0 Å². The van der Waals surface area contributed by atoms with E-state index in [4.69, 9.17) is 0 Å². The molecule has 1 aliphatic carbocycles. The highest BCUT2D eigenvalue weighted by atomic mass is 15.2. The van der Waals surface area contributed by atoms with Crippen molar-refractivity contribution >= 4 is 5.69 Å². The predicted octanol–water partition coefficient (Wildman–Crippen LogP) is 4.12. The van der Waals surface area contributed by atoms with Gasteiger partial charge >= 0.3 is 0 Å². The van der Waals surface area contributed by atoms with Gasteiger partial charge in [-0.3, -0.25) is 5.84 Å². The third-order valence-electron chi connectivity index (χ3n) is 4.83. The fraction of sp³-hybridized carbons (Fsp3) is 0.368. The molecule has 0 atom stereocenters. The van der Waals surface area contributed by atoms with E-state index in [-0.39, 0.29) is 5.41 Å². The molecule has 0 heterocycles. The van der Waals surface area contributed by atoms with Crippen LogP contribution in [0.25, 0.3) is 11.1 Å². The van der Waals surface area contributed by atoms with E-state index in [0.717, 1.165) is 5.69 Å². The molecule has 1 aliphatic rings. The van der Waals surface area contributed by atoms with Crippen molar-refractivity contribution in [3.8, 4) is 11.1 Å². The van der Waals surface area contributed by atoms with Crippen molar-refractivity contribution in [2.75, 3.05) is 5.43 Å².